The second-order valence-corrected chi connectivity index (χ2v) is 8.34. The molecular weight excluding hydrogens is 501 g/mol. The molecule has 0 radical (unpaired) electrons. The Kier molecular flexibility index (Phi) is 8.34. The van der Waals surface area contributed by atoms with Crippen molar-refractivity contribution in [2.75, 3.05) is 5.75 Å². The Morgan fingerprint density at radius 3 is 2.53 bits per heavy atom. The largest absolute Gasteiger partial charge is 0.488 e. The van der Waals surface area contributed by atoms with Gasteiger partial charge in [0, 0.05) is 17.0 Å². The maximum Gasteiger partial charge on any atom is 0.269 e. The predicted molar refractivity (Wildman–Crippen MR) is 124 cm³/mol. The van der Waals surface area contributed by atoms with Crippen molar-refractivity contribution in [2.24, 2.45) is 5.10 Å². The molecule has 0 heterocycles. The molecule has 0 aliphatic heterocycles. The van der Waals surface area contributed by atoms with Gasteiger partial charge in [-0.15, -0.1) is 11.8 Å². The summed E-state index contributed by atoms with van der Waals surface area (Å²) in [7, 11) is 0. The third-order valence-corrected chi connectivity index (χ3v) is 5.72. The molecule has 0 saturated carbocycles. The molecule has 3 rings (SSSR count). The van der Waals surface area contributed by atoms with Crippen LogP contribution in [0.2, 0.25) is 0 Å². The number of hydrogen-bond donors (Lipinski definition) is 1. The van der Waals surface area contributed by atoms with E-state index in [-0.39, 0.29) is 23.2 Å². The average molecular weight is 518 g/mol. The number of carbonyl (C=O) groups excluding carboxylic acids is 1. The molecule has 0 aliphatic carbocycles. The normalized spacial score (nSPS) is 10.8. The van der Waals surface area contributed by atoms with E-state index in [4.69, 9.17) is 4.74 Å². The van der Waals surface area contributed by atoms with Gasteiger partial charge in [0.15, 0.2) is 0 Å². The van der Waals surface area contributed by atoms with Gasteiger partial charge >= 0.3 is 0 Å². The number of nitro groups is 1. The van der Waals surface area contributed by atoms with E-state index in [0.717, 1.165) is 16.0 Å². The fourth-order valence-electron chi connectivity index (χ4n) is 2.48. The number of nitro benzene ring substituents is 1. The van der Waals surface area contributed by atoms with Crippen LogP contribution >= 0.6 is 27.7 Å². The Balaban J connectivity index is 1.46. The van der Waals surface area contributed by atoms with Crippen molar-refractivity contribution in [3.63, 3.8) is 0 Å². The van der Waals surface area contributed by atoms with Crippen LogP contribution in [0, 0.1) is 15.9 Å². The Hall–Kier alpha value is -3.24. The zero-order valence-corrected chi connectivity index (χ0v) is 18.9. The van der Waals surface area contributed by atoms with E-state index in [2.05, 4.69) is 26.5 Å². The van der Waals surface area contributed by atoms with Crippen molar-refractivity contribution in [1.82, 2.24) is 5.43 Å². The quantitative estimate of drug-likeness (QED) is 0.179. The van der Waals surface area contributed by atoms with E-state index in [1.807, 2.05) is 0 Å². The maximum absolute atomic E-state index is 13.0. The number of rotatable bonds is 9. The summed E-state index contributed by atoms with van der Waals surface area (Å²) in [6.45, 7) is 0.300. The minimum absolute atomic E-state index is 0.00133. The standard InChI is InChI=1S/C22H17BrFN3O4S/c23-20-11-16(3-10-21(20)31-13-15-1-4-17(24)5-2-15)12-25-26-22(28)14-32-19-8-6-18(7-9-19)27(29)30/h1-12H,13-14H2,(H,26,28)/b25-12-. The van der Waals surface area contributed by atoms with Crippen molar-refractivity contribution < 1.29 is 18.8 Å². The van der Waals surface area contributed by atoms with Crippen molar-refractivity contribution in [2.45, 2.75) is 11.5 Å². The molecule has 0 atom stereocenters. The molecule has 0 aromatic heterocycles. The third kappa shape index (κ3) is 7.17. The molecule has 0 unspecified atom stereocenters. The number of amides is 1. The highest BCUT2D eigenvalue weighted by Crippen LogP contribution is 2.26. The number of nitrogens with zero attached hydrogens (tertiary/aromatic N) is 2. The van der Waals surface area contributed by atoms with Gasteiger partial charge in [0.25, 0.3) is 5.69 Å². The summed E-state index contributed by atoms with van der Waals surface area (Å²) in [5.74, 6) is 0.142. The van der Waals surface area contributed by atoms with Gasteiger partial charge < -0.3 is 4.74 Å². The van der Waals surface area contributed by atoms with Crippen LogP contribution in [0.3, 0.4) is 0 Å². The summed E-state index contributed by atoms with van der Waals surface area (Å²) in [6.07, 6.45) is 1.50. The van der Waals surface area contributed by atoms with E-state index in [1.165, 1.54) is 42.2 Å². The summed E-state index contributed by atoms with van der Waals surface area (Å²) in [5, 5.41) is 14.6. The highest BCUT2D eigenvalue weighted by molar-refractivity contribution is 9.10. The number of thioether (sulfide) groups is 1. The van der Waals surface area contributed by atoms with E-state index in [0.29, 0.717) is 16.8 Å². The summed E-state index contributed by atoms with van der Waals surface area (Å²) in [4.78, 5) is 22.9. The fourth-order valence-corrected chi connectivity index (χ4v) is 3.68. The molecule has 1 amide bonds. The molecule has 0 aliphatic rings. The maximum atomic E-state index is 13.0. The van der Waals surface area contributed by atoms with Crippen molar-refractivity contribution >= 4 is 45.5 Å². The second-order valence-electron chi connectivity index (χ2n) is 6.44. The Bertz CT molecular complexity index is 1130. The van der Waals surface area contributed by atoms with Crippen LogP contribution in [-0.2, 0) is 11.4 Å². The molecule has 3 aromatic carbocycles. The predicted octanol–water partition coefficient (Wildman–Crippen LogP) is 5.32. The van der Waals surface area contributed by atoms with E-state index in [1.54, 1.807) is 42.5 Å². The number of non-ortho nitro benzene ring substituents is 1. The SMILES string of the molecule is O=C(CSc1ccc([N+](=O)[O-])cc1)N/N=C\c1ccc(OCc2ccc(F)cc2)c(Br)c1. The number of hydrogen-bond acceptors (Lipinski definition) is 6. The molecule has 1 N–H and O–H groups in total. The first-order valence-corrected chi connectivity index (χ1v) is 11.0. The van der Waals surface area contributed by atoms with Crippen LogP contribution in [0.15, 0.2) is 81.2 Å². The van der Waals surface area contributed by atoms with Gasteiger partial charge in [0.2, 0.25) is 5.91 Å². The minimum atomic E-state index is -0.474. The van der Waals surface area contributed by atoms with Gasteiger partial charge in [-0.25, -0.2) is 9.82 Å². The molecule has 32 heavy (non-hydrogen) atoms. The lowest BCUT2D eigenvalue weighted by Crippen LogP contribution is -2.19. The zero-order chi connectivity index (χ0) is 22.9. The van der Waals surface area contributed by atoms with Gasteiger partial charge in [0.1, 0.15) is 18.2 Å². The highest BCUT2D eigenvalue weighted by atomic mass is 79.9. The summed E-state index contributed by atoms with van der Waals surface area (Å²) < 4.78 is 19.4. The van der Waals surface area contributed by atoms with Crippen LogP contribution in [0.4, 0.5) is 10.1 Å². The second kappa shape index (κ2) is 11.4. The van der Waals surface area contributed by atoms with Crippen LogP contribution in [0.5, 0.6) is 5.75 Å². The summed E-state index contributed by atoms with van der Waals surface area (Å²) in [5.41, 5.74) is 4.03. The number of ether oxygens (including phenoxy) is 1. The zero-order valence-electron chi connectivity index (χ0n) is 16.5. The first kappa shape index (κ1) is 23.4. The van der Waals surface area contributed by atoms with Crippen LogP contribution < -0.4 is 10.2 Å². The summed E-state index contributed by atoms with van der Waals surface area (Å²) in [6, 6.07) is 17.4. The van der Waals surface area contributed by atoms with Crippen LogP contribution in [0.25, 0.3) is 0 Å². The number of hydrazone groups is 1. The smallest absolute Gasteiger partial charge is 0.269 e. The number of benzene rings is 3. The Labute approximate surface area is 196 Å². The molecule has 164 valence electrons. The van der Waals surface area contributed by atoms with E-state index in [9.17, 15) is 19.3 Å². The molecule has 0 spiro atoms. The van der Waals surface area contributed by atoms with Gasteiger partial charge in [-0.3, -0.25) is 14.9 Å². The first-order chi connectivity index (χ1) is 15.4. The lowest BCUT2D eigenvalue weighted by atomic mass is 10.2. The van der Waals surface area contributed by atoms with Crippen molar-refractivity contribution in [3.05, 3.63) is 98.3 Å². The first-order valence-electron chi connectivity index (χ1n) is 9.26. The minimum Gasteiger partial charge on any atom is -0.488 e. The monoisotopic (exact) mass is 517 g/mol. The Morgan fingerprint density at radius 1 is 1.16 bits per heavy atom. The van der Waals surface area contributed by atoms with Gasteiger partial charge in [-0.1, -0.05) is 12.1 Å². The molecule has 0 fully saturated rings. The number of nitrogens with one attached hydrogen (secondary N) is 1. The fraction of sp³-hybridized carbons (Fsp3) is 0.0909. The summed E-state index contributed by atoms with van der Waals surface area (Å²) >= 11 is 4.69. The van der Waals surface area contributed by atoms with E-state index >= 15 is 0 Å². The number of halogens is 2. The lowest BCUT2D eigenvalue weighted by molar-refractivity contribution is -0.384. The number of carbonyl (C=O) groups is 1. The molecule has 0 saturated heterocycles. The van der Waals surface area contributed by atoms with Gasteiger partial charge in [-0.2, -0.15) is 5.10 Å². The van der Waals surface area contributed by atoms with Crippen molar-refractivity contribution in [1.29, 1.82) is 0 Å². The topological polar surface area (TPSA) is 93.8 Å². The lowest BCUT2D eigenvalue weighted by Gasteiger charge is -2.09. The van der Waals surface area contributed by atoms with E-state index < -0.39 is 4.92 Å². The van der Waals surface area contributed by atoms with Crippen LogP contribution in [0.1, 0.15) is 11.1 Å². The molecule has 0 bridgehead atoms. The third-order valence-electron chi connectivity index (χ3n) is 4.08. The van der Waals surface area contributed by atoms with Gasteiger partial charge in [0.05, 0.1) is 21.4 Å². The average Bonchev–Trinajstić information content (AvgIpc) is 2.78. The van der Waals surface area contributed by atoms with Crippen LogP contribution in [-0.4, -0.2) is 22.8 Å². The molecule has 10 heteroatoms. The van der Waals surface area contributed by atoms with Crippen molar-refractivity contribution in [3.8, 4) is 5.75 Å². The molecular formula is C22H17BrFN3O4S. The molecule has 7 nitrogen and oxygen atoms in total. The Morgan fingerprint density at radius 2 is 1.88 bits per heavy atom. The molecule has 3 aromatic rings. The highest BCUT2D eigenvalue weighted by Gasteiger charge is 2.07. The van der Waals surface area contributed by atoms with Gasteiger partial charge in [-0.05, 0) is 69.5 Å².